The fourth-order valence-electron chi connectivity index (χ4n) is 1.71. The van der Waals surface area contributed by atoms with E-state index in [0.29, 0.717) is 35.7 Å². The Labute approximate surface area is 114 Å². The highest BCUT2D eigenvalue weighted by molar-refractivity contribution is 9.10. The molecular formula is C10H12BrClN2O2S. The Morgan fingerprint density at radius 1 is 1.29 bits per heavy atom. The summed E-state index contributed by atoms with van der Waals surface area (Å²) in [4.78, 5) is 0.229. The Bertz CT molecular complexity index is 515. The van der Waals surface area contributed by atoms with Crippen molar-refractivity contribution < 1.29 is 8.42 Å². The molecule has 0 atom stereocenters. The van der Waals surface area contributed by atoms with Gasteiger partial charge in [-0.15, -0.1) is 0 Å². The maximum Gasteiger partial charge on any atom is 0.244 e. The number of hydrogen-bond acceptors (Lipinski definition) is 3. The Morgan fingerprint density at radius 3 is 2.59 bits per heavy atom. The molecule has 17 heavy (non-hydrogen) atoms. The standard InChI is InChI=1S/C10H12BrClN2O2S/c11-10-8(12)2-1-3-9(10)17(15,16)14-6-4-13-5-7-14/h1-3,13H,4-7H2. The predicted molar refractivity (Wildman–Crippen MR) is 70.8 cm³/mol. The molecule has 0 radical (unpaired) electrons. The lowest BCUT2D eigenvalue weighted by Gasteiger charge is -2.27. The van der Waals surface area contributed by atoms with Gasteiger partial charge in [0.15, 0.2) is 0 Å². The van der Waals surface area contributed by atoms with Gasteiger partial charge < -0.3 is 5.32 Å². The summed E-state index contributed by atoms with van der Waals surface area (Å²) in [5.74, 6) is 0. The molecule has 2 rings (SSSR count). The van der Waals surface area contributed by atoms with Crippen LogP contribution in [-0.4, -0.2) is 38.9 Å². The van der Waals surface area contributed by atoms with Gasteiger partial charge in [0.2, 0.25) is 10.0 Å². The summed E-state index contributed by atoms with van der Waals surface area (Å²) < 4.78 is 26.6. The molecule has 1 aliphatic heterocycles. The number of nitrogens with one attached hydrogen (secondary N) is 1. The smallest absolute Gasteiger partial charge is 0.244 e. The molecule has 0 saturated carbocycles. The first-order valence-electron chi connectivity index (χ1n) is 5.18. The van der Waals surface area contributed by atoms with E-state index in [-0.39, 0.29) is 4.90 Å². The highest BCUT2D eigenvalue weighted by Gasteiger charge is 2.28. The zero-order valence-electron chi connectivity index (χ0n) is 8.99. The van der Waals surface area contributed by atoms with Gasteiger partial charge in [-0.2, -0.15) is 4.31 Å². The molecule has 94 valence electrons. The van der Waals surface area contributed by atoms with E-state index in [1.165, 1.54) is 4.31 Å². The van der Waals surface area contributed by atoms with Crippen LogP contribution in [0.3, 0.4) is 0 Å². The summed E-state index contributed by atoms with van der Waals surface area (Å²) >= 11 is 9.15. The summed E-state index contributed by atoms with van der Waals surface area (Å²) in [5.41, 5.74) is 0. The topological polar surface area (TPSA) is 49.4 Å². The van der Waals surface area contributed by atoms with Crippen molar-refractivity contribution >= 4 is 37.6 Å². The van der Waals surface area contributed by atoms with Gasteiger partial charge in [0.25, 0.3) is 0 Å². The quantitative estimate of drug-likeness (QED) is 0.892. The first-order valence-corrected chi connectivity index (χ1v) is 7.79. The van der Waals surface area contributed by atoms with Crippen molar-refractivity contribution in [2.45, 2.75) is 4.90 Å². The van der Waals surface area contributed by atoms with Crippen molar-refractivity contribution in [3.8, 4) is 0 Å². The first-order chi connectivity index (χ1) is 8.03. The van der Waals surface area contributed by atoms with Crippen LogP contribution in [0, 0.1) is 0 Å². The maximum absolute atomic E-state index is 12.4. The largest absolute Gasteiger partial charge is 0.314 e. The fraction of sp³-hybridized carbons (Fsp3) is 0.400. The number of piperazine rings is 1. The van der Waals surface area contributed by atoms with E-state index in [0.717, 1.165) is 0 Å². The third-order valence-electron chi connectivity index (χ3n) is 2.61. The monoisotopic (exact) mass is 338 g/mol. The summed E-state index contributed by atoms with van der Waals surface area (Å²) in [6.07, 6.45) is 0. The van der Waals surface area contributed by atoms with Crippen molar-refractivity contribution in [3.05, 3.63) is 27.7 Å². The summed E-state index contributed by atoms with van der Waals surface area (Å²) in [6.45, 7) is 2.33. The molecular weight excluding hydrogens is 328 g/mol. The zero-order valence-corrected chi connectivity index (χ0v) is 12.1. The van der Waals surface area contributed by atoms with Crippen molar-refractivity contribution in [3.63, 3.8) is 0 Å². The lowest BCUT2D eigenvalue weighted by Crippen LogP contribution is -2.46. The number of nitrogens with zero attached hydrogens (tertiary/aromatic N) is 1. The minimum absolute atomic E-state index is 0.229. The molecule has 7 heteroatoms. The van der Waals surface area contributed by atoms with Crippen LogP contribution >= 0.6 is 27.5 Å². The second kappa shape index (κ2) is 5.24. The van der Waals surface area contributed by atoms with Crippen LogP contribution in [0.1, 0.15) is 0 Å². The zero-order chi connectivity index (χ0) is 12.5. The van der Waals surface area contributed by atoms with Crippen LogP contribution in [0.2, 0.25) is 5.02 Å². The minimum atomic E-state index is -3.45. The van der Waals surface area contributed by atoms with Crippen molar-refractivity contribution in [2.75, 3.05) is 26.2 Å². The Balaban J connectivity index is 2.40. The average molecular weight is 340 g/mol. The van der Waals surface area contributed by atoms with Gasteiger partial charge in [0, 0.05) is 26.2 Å². The molecule has 1 fully saturated rings. The van der Waals surface area contributed by atoms with E-state index in [2.05, 4.69) is 21.2 Å². The van der Waals surface area contributed by atoms with Crippen LogP contribution in [-0.2, 0) is 10.0 Å². The van der Waals surface area contributed by atoms with Crippen LogP contribution in [0.5, 0.6) is 0 Å². The number of sulfonamides is 1. The molecule has 0 aromatic heterocycles. The molecule has 0 amide bonds. The SMILES string of the molecule is O=S(=O)(c1cccc(Cl)c1Br)N1CCNCC1. The van der Waals surface area contributed by atoms with Gasteiger partial charge in [0.1, 0.15) is 0 Å². The van der Waals surface area contributed by atoms with Crippen LogP contribution in [0.4, 0.5) is 0 Å². The Hall–Kier alpha value is -0.140. The van der Waals surface area contributed by atoms with E-state index in [9.17, 15) is 8.42 Å². The molecule has 1 heterocycles. The fourth-order valence-corrected chi connectivity index (χ4v) is 4.34. The van der Waals surface area contributed by atoms with Crippen molar-refractivity contribution in [1.29, 1.82) is 0 Å². The lowest BCUT2D eigenvalue weighted by molar-refractivity contribution is 0.360. The molecule has 1 aliphatic rings. The predicted octanol–water partition coefficient (Wildman–Crippen LogP) is 1.70. The third-order valence-corrected chi connectivity index (χ3v) is 6.21. The minimum Gasteiger partial charge on any atom is -0.314 e. The maximum atomic E-state index is 12.4. The normalized spacial score (nSPS) is 18.2. The average Bonchev–Trinajstić information content (AvgIpc) is 2.33. The molecule has 0 bridgehead atoms. The number of rotatable bonds is 2. The lowest BCUT2D eigenvalue weighted by atomic mass is 10.4. The van der Waals surface area contributed by atoms with E-state index < -0.39 is 10.0 Å². The molecule has 1 N–H and O–H groups in total. The molecule has 0 unspecified atom stereocenters. The van der Waals surface area contributed by atoms with Gasteiger partial charge in [0.05, 0.1) is 14.4 Å². The second-order valence-electron chi connectivity index (χ2n) is 3.71. The number of hydrogen-bond donors (Lipinski definition) is 1. The van der Waals surface area contributed by atoms with Crippen LogP contribution < -0.4 is 5.32 Å². The summed E-state index contributed by atoms with van der Waals surface area (Å²) in [7, 11) is -3.45. The third kappa shape index (κ3) is 2.66. The molecule has 1 aromatic rings. The Morgan fingerprint density at radius 2 is 1.94 bits per heavy atom. The van der Waals surface area contributed by atoms with Gasteiger partial charge in [-0.25, -0.2) is 8.42 Å². The highest BCUT2D eigenvalue weighted by atomic mass is 79.9. The number of benzene rings is 1. The second-order valence-corrected chi connectivity index (χ2v) is 6.81. The van der Waals surface area contributed by atoms with Gasteiger partial charge >= 0.3 is 0 Å². The van der Waals surface area contributed by atoms with E-state index in [1.807, 2.05) is 0 Å². The first kappa shape index (κ1) is 13.3. The van der Waals surface area contributed by atoms with Crippen LogP contribution in [0.15, 0.2) is 27.6 Å². The molecule has 1 saturated heterocycles. The van der Waals surface area contributed by atoms with E-state index >= 15 is 0 Å². The highest BCUT2D eigenvalue weighted by Crippen LogP contribution is 2.31. The van der Waals surface area contributed by atoms with E-state index in [4.69, 9.17) is 11.6 Å². The van der Waals surface area contributed by atoms with Gasteiger partial charge in [-0.1, -0.05) is 17.7 Å². The molecule has 0 aliphatic carbocycles. The van der Waals surface area contributed by atoms with Gasteiger partial charge in [-0.05, 0) is 28.1 Å². The molecule has 0 spiro atoms. The summed E-state index contributed by atoms with van der Waals surface area (Å²) in [6, 6.07) is 4.86. The molecule has 1 aromatic carbocycles. The summed E-state index contributed by atoms with van der Waals surface area (Å²) in [5, 5.41) is 3.52. The molecule has 4 nitrogen and oxygen atoms in total. The van der Waals surface area contributed by atoms with Gasteiger partial charge in [-0.3, -0.25) is 0 Å². The Kier molecular flexibility index (Phi) is 4.10. The van der Waals surface area contributed by atoms with Crippen molar-refractivity contribution in [1.82, 2.24) is 9.62 Å². The van der Waals surface area contributed by atoms with Crippen LogP contribution in [0.25, 0.3) is 0 Å². The number of halogens is 2. The van der Waals surface area contributed by atoms with E-state index in [1.54, 1.807) is 18.2 Å². The van der Waals surface area contributed by atoms with Crippen molar-refractivity contribution in [2.24, 2.45) is 0 Å².